The van der Waals surface area contributed by atoms with Crippen molar-refractivity contribution >= 4 is 68.1 Å². The Bertz CT molecular complexity index is 1220. The topological polar surface area (TPSA) is 64.7 Å². The second-order valence-electron chi connectivity index (χ2n) is 7.69. The third-order valence-corrected chi connectivity index (χ3v) is 6.51. The van der Waals surface area contributed by atoms with Gasteiger partial charge in [0.1, 0.15) is 0 Å². The molecule has 6 nitrogen and oxygen atoms in total. The molecule has 3 aromatic carbocycles. The van der Waals surface area contributed by atoms with E-state index in [2.05, 4.69) is 31.5 Å². The molecule has 0 bridgehead atoms. The minimum atomic E-state index is -0.394. The fourth-order valence-corrected chi connectivity index (χ4v) is 4.53. The summed E-state index contributed by atoms with van der Waals surface area (Å²) < 4.78 is 0.746. The molecule has 4 rings (SSSR count). The van der Waals surface area contributed by atoms with Crippen molar-refractivity contribution in [3.63, 3.8) is 0 Å². The van der Waals surface area contributed by atoms with Crippen molar-refractivity contribution < 1.29 is 9.59 Å². The Labute approximate surface area is 217 Å². The molecular weight excluding hydrogens is 536 g/mol. The van der Waals surface area contributed by atoms with E-state index >= 15 is 0 Å². The van der Waals surface area contributed by atoms with Crippen molar-refractivity contribution in [2.75, 3.05) is 36.4 Å². The van der Waals surface area contributed by atoms with Crippen molar-refractivity contribution in [1.29, 1.82) is 0 Å². The van der Waals surface area contributed by atoms with E-state index in [4.69, 9.17) is 23.8 Å². The molecule has 1 heterocycles. The lowest BCUT2D eigenvalue weighted by molar-refractivity contribution is 0.0746. The molecule has 0 atom stereocenters. The van der Waals surface area contributed by atoms with Crippen LogP contribution in [0.1, 0.15) is 20.7 Å². The van der Waals surface area contributed by atoms with Gasteiger partial charge < -0.3 is 15.1 Å². The number of thiocarbonyl (C=S) groups is 1. The Balaban J connectivity index is 1.39. The Hall–Kier alpha value is -2.94. The maximum atomic E-state index is 12.7. The lowest BCUT2D eigenvalue weighted by Crippen LogP contribution is -2.49. The molecule has 9 heteroatoms. The maximum Gasteiger partial charge on any atom is 0.258 e. The van der Waals surface area contributed by atoms with E-state index in [0.29, 0.717) is 42.3 Å². The van der Waals surface area contributed by atoms with Crippen molar-refractivity contribution in [2.24, 2.45) is 0 Å². The number of para-hydroxylation sites is 2. The highest BCUT2D eigenvalue weighted by atomic mass is 79.9. The first-order valence-corrected chi connectivity index (χ1v) is 12.3. The highest BCUT2D eigenvalue weighted by molar-refractivity contribution is 9.10. The number of piperazine rings is 1. The van der Waals surface area contributed by atoms with Crippen LogP contribution in [0.15, 0.2) is 77.3 Å². The van der Waals surface area contributed by atoms with Crippen LogP contribution in [0.3, 0.4) is 0 Å². The smallest absolute Gasteiger partial charge is 0.258 e. The van der Waals surface area contributed by atoms with Crippen LogP contribution in [0.2, 0.25) is 5.02 Å². The van der Waals surface area contributed by atoms with Gasteiger partial charge in [-0.2, -0.15) is 0 Å². The van der Waals surface area contributed by atoms with E-state index < -0.39 is 5.91 Å². The normalized spacial score (nSPS) is 13.4. The quantitative estimate of drug-likeness (QED) is 0.432. The number of halogens is 2. The number of carbonyl (C=O) groups is 2. The molecule has 1 aliphatic rings. The summed E-state index contributed by atoms with van der Waals surface area (Å²) >= 11 is 14.9. The van der Waals surface area contributed by atoms with Crippen molar-refractivity contribution in [1.82, 2.24) is 10.2 Å². The molecule has 1 fully saturated rings. The summed E-state index contributed by atoms with van der Waals surface area (Å²) in [6.45, 7) is 2.60. The fourth-order valence-electron chi connectivity index (χ4n) is 3.76. The molecule has 0 aromatic heterocycles. The Morgan fingerprint density at radius 1 is 0.912 bits per heavy atom. The maximum absolute atomic E-state index is 12.7. The second-order valence-corrected chi connectivity index (χ2v) is 9.43. The Morgan fingerprint density at radius 3 is 2.32 bits per heavy atom. The van der Waals surface area contributed by atoms with Crippen LogP contribution >= 0.6 is 39.7 Å². The predicted octanol–water partition coefficient (Wildman–Crippen LogP) is 5.19. The van der Waals surface area contributed by atoms with Gasteiger partial charge in [-0.25, -0.2) is 0 Å². The van der Waals surface area contributed by atoms with E-state index in [9.17, 15) is 9.59 Å². The summed E-state index contributed by atoms with van der Waals surface area (Å²) in [5.41, 5.74) is 2.75. The van der Waals surface area contributed by atoms with Gasteiger partial charge >= 0.3 is 0 Å². The first-order valence-electron chi connectivity index (χ1n) is 10.7. The average Bonchev–Trinajstić information content (AvgIpc) is 2.86. The van der Waals surface area contributed by atoms with Crippen LogP contribution in [-0.4, -0.2) is 48.0 Å². The van der Waals surface area contributed by atoms with Crippen LogP contribution in [0.5, 0.6) is 0 Å². The summed E-state index contributed by atoms with van der Waals surface area (Å²) in [5.74, 6) is -0.351. The molecule has 2 N–H and O–H groups in total. The van der Waals surface area contributed by atoms with Gasteiger partial charge in [-0.1, -0.05) is 57.9 Å². The minimum Gasteiger partial charge on any atom is -0.366 e. The summed E-state index contributed by atoms with van der Waals surface area (Å²) in [5, 5.41) is 6.32. The van der Waals surface area contributed by atoms with Crippen LogP contribution in [0, 0.1) is 0 Å². The van der Waals surface area contributed by atoms with E-state index in [1.807, 2.05) is 59.5 Å². The van der Waals surface area contributed by atoms with Crippen LogP contribution in [-0.2, 0) is 0 Å². The first kappa shape index (κ1) is 24.2. The molecule has 0 aliphatic carbocycles. The van der Waals surface area contributed by atoms with Gasteiger partial charge in [0.25, 0.3) is 11.8 Å². The molecule has 0 radical (unpaired) electrons. The van der Waals surface area contributed by atoms with Crippen LogP contribution in [0.25, 0.3) is 0 Å². The van der Waals surface area contributed by atoms with Gasteiger partial charge in [-0.15, -0.1) is 0 Å². The molecular formula is C25H22BrClN4O2S. The van der Waals surface area contributed by atoms with Gasteiger partial charge in [0.2, 0.25) is 0 Å². The number of hydrogen-bond acceptors (Lipinski definition) is 4. The van der Waals surface area contributed by atoms with E-state index in [-0.39, 0.29) is 11.0 Å². The average molecular weight is 558 g/mol. The number of nitrogens with one attached hydrogen (secondary N) is 2. The van der Waals surface area contributed by atoms with Gasteiger partial charge in [-0.05, 0) is 54.7 Å². The molecule has 1 aliphatic heterocycles. The van der Waals surface area contributed by atoms with Gasteiger partial charge in [0, 0.05) is 36.2 Å². The fraction of sp³-hybridized carbons (Fsp3) is 0.160. The highest BCUT2D eigenvalue weighted by Gasteiger charge is 2.23. The number of nitrogens with zero attached hydrogens (tertiary/aromatic N) is 2. The Kier molecular flexibility index (Phi) is 7.82. The molecule has 174 valence electrons. The van der Waals surface area contributed by atoms with Crippen molar-refractivity contribution in [3.8, 4) is 0 Å². The lowest BCUT2D eigenvalue weighted by Gasteiger charge is -2.37. The molecule has 2 amide bonds. The van der Waals surface area contributed by atoms with Crippen LogP contribution < -0.4 is 15.5 Å². The third kappa shape index (κ3) is 5.75. The summed E-state index contributed by atoms with van der Waals surface area (Å²) in [6.07, 6.45) is 0. The molecule has 0 spiro atoms. The molecule has 0 saturated carbocycles. The zero-order valence-corrected chi connectivity index (χ0v) is 21.3. The second kappa shape index (κ2) is 11.0. The van der Waals surface area contributed by atoms with Crippen molar-refractivity contribution in [2.45, 2.75) is 0 Å². The lowest BCUT2D eigenvalue weighted by atomic mass is 10.1. The Morgan fingerprint density at radius 2 is 1.59 bits per heavy atom. The van der Waals surface area contributed by atoms with Gasteiger partial charge in [-0.3, -0.25) is 14.9 Å². The van der Waals surface area contributed by atoms with Crippen molar-refractivity contribution in [3.05, 3.63) is 93.4 Å². The zero-order valence-electron chi connectivity index (χ0n) is 18.1. The number of amides is 2. The molecule has 1 saturated heterocycles. The summed E-state index contributed by atoms with van der Waals surface area (Å²) in [4.78, 5) is 29.4. The largest absolute Gasteiger partial charge is 0.366 e. The van der Waals surface area contributed by atoms with Crippen LogP contribution in [0.4, 0.5) is 11.4 Å². The molecule has 0 unspecified atom stereocenters. The summed E-state index contributed by atoms with van der Waals surface area (Å²) in [7, 11) is 0. The van der Waals surface area contributed by atoms with Gasteiger partial charge in [0.15, 0.2) is 5.11 Å². The monoisotopic (exact) mass is 556 g/mol. The van der Waals surface area contributed by atoms with E-state index in [1.54, 1.807) is 18.2 Å². The molecule has 3 aromatic rings. The summed E-state index contributed by atoms with van der Waals surface area (Å²) in [6, 6.07) is 22.1. The van der Waals surface area contributed by atoms with E-state index in [0.717, 1.165) is 15.8 Å². The number of carbonyl (C=O) groups excluding carboxylic acids is 2. The SMILES string of the molecule is O=C(NC(=S)Nc1ccccc1N1CCN(C(=O)c2ccccc2)CC1)c1cc(Br)ccc1Cl. The zero-order chi connectivity index (χ0) is 24.1. The molecule has 34 heavy (non-hydrogen) atoms. The minimum absolute atomic E-state index is 0.0433. The number of hydrogen-bond donors (Lipinski definition) is 2. The first-order chi connectivity index (χ1) is 16.4. The number of rotatable bonds is 4. The number of benzene rings is 3. The van der Waals surface area contributed by atoms with E-state index in [1.165, 1.54) is 0 Å². The number of anilines is 2. The van der Waals surface area contributed by atoms with Gasteiger partial charge in [0.05, 0.1) is 22.0 Å². The highest BCUT2D eigenvalue weighted by Crippen LogP contribution is 2.27. The predicted molar refractivity (Wildman–Crippen MR) is 144 cm³/mol. The third-order valence-electron chi connectivity index (χ3n) is 5.48. The standard InChI is InChI=1S/C25H22BrClN4O2S/c26-18-10-11-20(27)19(16-18)23(32)29-25(34)28-21-8-4-5-9-22(21)30-12-14-31(15-13-30)24(33)17-6-2-1-3-7-17/h1-11,16H,12-15H2,(H2,28,29,32,34).